The maximum Gasteiger partial charge on any atom is 0.224 e. The number of halogens is 3. The minimum absolute atomic E-state index is 0.0617. The summed E-state index contributed by atoms with van der Waals surface area (Å²) in [7, 11) is 0. The summed E-state index contributed by atoms with van der Waals surface area (Å²) in [5.74, 6) is -1.68. The average Bonchev–Trinajstić information content (AvgIpc) is 2.31. The van der Waals surface area contributed by atoms with Gasteiger partial charge in [-0.15, -0.1) is 0 Å². The number of carbonyl (C=O) groups excluding carboxylic acids is 1. The quantitative estimate of drug-likeness (QED) is 0.833. The standard InChI is InChI=1S/C12H14BrF2NO/c1-8(6-13)7-16-12(17)5-9-2-3-10(14)11(15)4-9/h2-4,8H,5-7H2,1H3,(H,16,17). The van der Waals surface area contributed by atoms with Crippen LogP contribution in [0.4, 0.5) is 8.78 Å². The highest BCUT2D eigenvalue weighted by Crippen LogP contribution is 2.09. The Morgan fingerprint density at radius 2 is 2.12 bits per heavy atom. The van der Waals surface area contributed by atoms with Crippen molar-refractivity contribution < 1.29 is 13.6 Å². The van der Waals surface area contributed by atoms with Gasteiger partial charge in [0, 0.05) is 11.9 Å². The summed E-state index contributed by atoms with van der Waals surface area (Å²) < 4.78 is 25.5. The fraction of sp³-hybridized carbons (Fsp3) is 0.417. The van der Waals surface area contributed by atoms with Gasteiger partial charge in [-0.25, -0.2) is 8.78 Å². The fourth-order valence-electron chi connectivity index (χ4n) is 1.24. The zero-order valence-corrected chi connectivity index (χ0v) is 11.1. The molecule has 5 heteroatoms. The van der Waals surface area contributed by atoms with Crippen LogP contribution in [0.2, 0.25) is 0 Å². The average molecular weight is 306 g/mol. The molecule has 1 aromatic rings. The maximum atomic E-state index is 12.9. The van der Waals surface area contributed by atoms with E-state index in [1.807, 2.05) is 6.92 Å². The second kappa shape index (κ2) is 6.69. The molecule has 1 atom stereocenters. The summed E-state index contributed by atoms with van der Waals surface area (Å²) in [5.41, 5.74) is 0.466. The van der Waals surface area contributed by atoms with Crippen molar-refractivity contribution in [2.24, 2.45) is 5.92 Å². The molecule has 1 aromatic carbocycles. The highest BCUT2D eigenvalue weighted by atomic mass is 79.9. The maximum absolute atomic E-state index is 12.9. The number of hydrogen-bond acceptors (Lipinski definition) is 1. The molecule has 0 heterocycles. The number of hydrogen-bond donors (Lipinski definition) is 1. The van der Waals surface area contributed by atoms with Crippen LogP contribution in [0.25, 0.3) is 0 Å². The first-order chi connectivity index (χ1) is 8.02. The van der Waals surface area contributed by atoms with E-state index in [2.05, 4.69) is 21.2 Å². The molecule has 0 aliphatic heterocycles. The lowest BCUT2D eigenvalue weighted by atomic mass is 10.1. The van der Waals surface area contributed by atoms with E-state index in [1.54, 1.807) is 0 Å². The van der Waals surface area contributed by atoms with Gasteiger partial charge in [-0.05, 0) is 23.6 Å². The van der Waals surface area contributed by atoms with Gasteiger partial charge in [0.15, 0.2) is 11.6 Å². The van der Waals surface area contributed by atoms with Gasteiger partial charge in [-0.1, -0.05) is 28.9 Å². The molecule has 0 aliphatic carbocycles. The predicted octanol–water partition coefficient (Wildman–Crippen LogP) is 2.65. The normalized spacial score (nSPS) is 12.2. The van der Waals surface area contributed by atoms with E-state index in [0.29, 0.717) is 18.0 Å². The lowest BCUT2D eigenvalue weighted by molar-refractivity contribution is -0.120. The van der Waals surface area contributed by atoms with Crippen molar-refractivity contribution in [1.29, 1.82) is 0 Å². The molecule has 0 saturated carbocycles. The molecule has 1 unspecified atom stereocenters. The Kier molecular flexibility index (Phi) is 5.55. The number of carbonyl (C=O) groups is 1. The van der Waals surface area contributed by atoms with Crippen LogP contribution in [0.3, 0.4) is 0 Å². The SMILES string of the molecule is CC(CBr)CNC(=O)Cc1ccc(F)c(F)c1. The van der Waals surface area contributed by atoms with Crippen molar-refractivity contribution in [3.05, 3.63) is 35.4 Å². The molecule has 0 spiro atoms. The van der Waals surface area contributed by atoms with Crippen molar-refractivity contribution in [1.82, 2.24) is 5.32 Å². The Labute approximate surface area is 108 Å². The minimum Gasteiger partial charge on any atom is -0.356 e. The van der Waals surface area contributed by atoms with Gasteiger partial charge >= 0.3 is 0 Å². The van der Waals surface area contributed by atoms with Crippen LogP contribution in [0, 0.1) is 17.6 Å². The van der Waals surface area contributed by atoms with E-state index in [-0.39, 0.29) is 12.3 Å². The Bertz CT molecular complexity index is 398. The molecular weight excluding hydrogens is 292 g/mol. The van der Waals surface area contributed by atoms with E-state index >= 15 is 0 Å². The molecule has 1 rings (SSSR count). The third-order valence-corrected chi connectivity index (χ3v) is 3.37. The molecule has 0 saturated heterocycles. The summed E-state index contributed by atoms with van der Waals surface area (Å²) in [6.07, 6.45) is 0.0617. The summed E-state index contributed by atoms with van der Waals surface area (Å²) in [6.45, 7) is 2.56. The summed E-state index contributed by atoms with van der Waals surface area (Å²) >= 11 is 3.31. The molecule has 0 fully saturated rings. The molecule has 1 N–H and O–H groups in total. The first-order valence-corrected chi connectivity index (χ1v) is 6.41. The van der Waals surface area contributed by atoms with Crippen LogP contribution in [0.5, 0.6) is 0 Å². The van der Waals surface area contributed by atoms with Crippen LogP contribution in [0.15, 0.2) is 18.2 Å². The zero-order valence-electron chi connectivity index (χ0n) is 9.47. The molecule has 17 heavy (non-hydrogen) atoms. The van der Waals surface area contributed by atoms with Gasteiger partial charge in [0.25, 0.3) is 0 Å². The number of benzene rings is 1. The predicted molar refractivity (Wildman–Crippen MR) is 66.0 cm³/mol. The second-order valence-corrected chi connectivity index (χ2v) is 4.64. The fourth-order valence-corrected chi connectivity index (χ4v) is 1.47. The molecule has 94 valence electrons. The van der Waals surface area contributed by atoms with Crippen molar-refractivity contribution in [2.75, 3.05) is 11.9 Å². The van der Waals surface area contributed by atoms with Gasteiger partial charge in [-0.3, -0.25) is 4.79 Å². The van der Waals surface area contributed by atoms with Gasteiger partial charge in [-0.2, -0.15) is 0 Å². The molecular formula is C12H14BrF2NO. The van der Waals surface area contributed by atoms with E-state index in [1.165, 1.54) is 6.07 Å². The summed E-state index contributed by atoms with van der Waals surface area (Å²) in [5, 5.41) is 3.53. The summed E-state index contributed by atoms with van der Waals surface area (Å²) in [4.78, 5) is 11.5. The lowest BCUT2D eigenvalue weighted by Crippen LogP contribution is -2.30. The topological polar surface area (TPSA) is 29.1 Å². The number of alkyl halides is 1. The number of rotatable bonds is 5. The monoisotopic (exact) mass is 305 g/mol. The van der Waals surface area contributed by atoms with Crippen LogP contribution >= 0.6 is 15.9 Å². The van der Waals surface area contributed by atoms with Gasteiger partial charge in [0.05, 0.1) is 6.42 Å². The van der Waals surface area contributed by atoms with E-state index in [0.717, 1.165) is 17.5 Å². The smallest absolute Gasteiger partial charge is 0.224 e. The van der Waals surface area contributed by atoms with Gasteiger partial charge in [0.1, 0.15) is 0 Å². The number of amides is 1. The van der Waals surface area contributed by atoms with Crippen LogP contribution in [-0.2, 0) is 11.2 Å². The summed E-state index contributed by atoms with van der Waals surface area (Å²) in [6, 6.07) is 3.48. The third kappa shape index (κ3) is 4.81. The van der Waals surface area contributed by atoms with E-state index in [9.17, 15) is 13.6 Å². The highest BCUT2D eigenvalue weighted by molar-refractivity contribution is 9.09. The van der Waals surface area contributed by atoms with E-state index in [4.69, 9.17) is 0 Å². The van der Waals surface area contributed by atoms with Crippen LogP contribution in [0.1, 0.15) is 12.5 Å². The Balaban J connectivity index is 2.48. The van der Waals surface area contributed by atoms with Crippen molar-refractivity contribution >= 4 is 21.8 Å². The Hall–Kier alpha value is -0.970. The first-order valence-electron chi connectivity index (χ1n) is 5.29. The largest absolute Gasteiger partial charge is 0.356 e. The van der Waals surface area contributed by atoms with Crippen molar-refractivity contribution in [3.63, 3.8) is 0 Å². The first kappa shape index (κ1) is 14.1. The minimum atomic E-state index is -0.927. The third-order valence-electron chi connectivity index (χ3n) is 2.26. The second-order valence-electron chi connectivity index (χ2n) is 3.99. The van der Waals surface area contributed by atoms with Crippen molar-refractivity contribution in [3.8, 4) is 0 Å². The molecule has 0 aromatic heterocycles. The van der Waals surface area contributed by atoms with Crippen LogP contribution in [-0.4, -0.2) is 17.8 Å². The van der Waals surface area contributed by atoms with Gasteiger partial charge in [0.2, 0.25) is 5.91 Å². The molecule has 0 aliphatic rings. The Morgan fingerprint density at radius 3 is 2.71 bits per heavy atom. The number of nitrogens with one attached hydrogen (secondary N) is 1. The van der Waals surface area contributed by atoms with E-state index < -0.39 is 11.6 Å². The zero-order chi connectivity index (χ0) is 12.8. The van der Waals surface area contributed by atoms with Gasteiger partial charge < -0.3 is 5.32 Å². The molecule has 0 bridgehead atoms. The molecule has 2 nitrogen and oxygen atoms in total. The van der Waals surface area contributed by atoms with Crippen LogP contribution < -0.4 is 5.32 Å². The highest BCUT2D eigenvalue weighted by Gasteiger charge is 2.08. The Morgan fingerprint density at radius 1 is 1.41 bits per heavy atom. The lowest BCUT2D eigenvalue weighted by Gasteiger charge is -2.09. The molecule has 0 radical (unpaired) electrons. The molecule has 1 amide bonds. The van der Waals surface area contributed by atoms with Crippen molar-refractivity contribution in [2.45, 2.75) is 13.3 Å².